The molecule has 0 aliphatic carbocycles. The van der Waals surface area contributed by atoms with Crippen LogP contribution in [0.15, 0.2) is 48.5 Å². The van der Waals surface area contributed by atoms with Crippen LogP contribution in [0, 0.1) is 5.41 Å². The maximum atomic E-state index is 12.8. The monoisotopic (exact) mass is 583 g/mol. The molecule has 2 N–H and O–H groups in total. The standard InChI is InChI=1S/C33H37N5O3S/c1-20-17-34-28-27-23-8-9-24(36-25(23)10-11-26(27)42-29(28)30(39)35-20)21-6-5-7-22(16-21)37-14-12-33(13-15-37)18-38(19-33)31(40)41-32(2,3)4/h5-11,16,20,34H,12-15,17-19H2,1-4H3,(H,35,39)/t20-/m1/s1. The van der Waals surface area contributed by atoms with E-state index in [2.05, 4.69) is 64.1 Å². The Bertz CT molecular complexity index is 1710. The number of aromatic nitrogens is 1. The van der Waals surface area contributed by atoms with Crippen LogP contribution in [-0.4, -0.2) is 66.3 Å². The minimum atomic E-state index is -0.461. The Balaban J connectivity index is 1.09. The van der Waals surface area contributed by atoms with Crippen molar-refractivity contribution < 1.29 is 14.3 Å². The highest BCUT2D eigenvalue weighted by Gasteiger charge is 2.47. The molecule has 3 aliphatic heterocycles. The zero-order valence-electron chi connectivity index (χ0n) is 24.6. The number of hydrogen-bond acceptors (Lipinski definition) is 7. The van der Waals surface area contributed by atoms with E-state index in [0.29, 0.717) is 6.54 Å². The quantitative estimate of drug-likeness (QED) is 0.280. The van der Waals surface area contributed by atoms with Crippen LogP contribution in [0.1, 0.15) is 50.2 Å². The van der Waals surface area contributed by atoms with E-state index in [4.69, 9.17) is 9.72 Å². The van der Waals surface area contributed by atoms with Crippen LogP contribution in [0.25, 0.3) is 32.2 Å². The minimum Gasteiger partial charge on any atom is -0.444 e. The largest absolute Gasteiger partial charge is 0.444 e. The van der Waals surface area contributed by atoms with Crippen LogP contribution in [0.2, 0.25) is 0 Å². The average Bonchev–Trinajstić information content (AvgIpc) is 3.26. The summed E-state index contributed by atoms with van der Waals surface area (Å²) >= 11 is 1.53. The number of likely N-dealkylation sites (tertiary alicyclic amines) is 1. The summed E-state index contributed by atoms with van der Waals surface area (Å²) in [4.78, 5) is 35.3. The van der Waals surface area contributed by atoms with Crippen LogP contribution < -0.4 is 15.5 Å². The van der Waals surface area contributed by atoms with Gasteiger partial charge in [-0.3, -0.25) is 4.79 Å². The fraction of sp³-hybridized carbons (Fsp3) is 0.424. The van der Waals surface area contributed by atoms with Gasteiger partial charge in [-0.15, -0.1) is 11.3 Å². The average molecular weight is 584 g/mol. The van der Waals surface area contributed by atoms with Crippen molar-refractivity contribution in [3.63, 3.8) is 0 Å². The van der Waals surface area contributed by atoms with Crippen molar-refractivity contribution in [2.45, 2.75) is 52.2 Å². The number of thiophene rings is 1. The van der Waals surface area contributed by atoms with E-state index < -0.39 is 5.60 Å². The van der Waals surface area contributed by atoms with Gasteiger partial charge in [0.1, 0.15) is 10.5 Å². The molecule has 2 aromatic carbocycles. The predicted molar refractivity (Wildman–Crippen MR) is 170 cm³/mol. The summed E-state index contributed by atoms with van der Waals surface area (Å²) in [6.07, 6.45) is 1.94. The number of piperidine rings is 1. The molecule has 3 aliphatic rings. The molecule has 42 heavy (non-hydrogen) atoms. The van der Waals surface area contributed by atoms with Gasteiger partial charge in [0.15, 0.2) is 0 Å². The van der Waals surface area contributed by atoms with Crippen molar-refractivity contribution in [2.24, 2.45) is 5.41 Å². The molecule has 9 heteroatoms. The van der Waals surface area contributed by atoms with E-state index in [1.807, 2.05) is 32.6 Å². The molecule has 8 nitrogen and oxygen atoms in total. The first kappa shape index (κ1) is 27.0. The number of nitrogens with zero attached hydrogens (tertiary/aromatic N) is 3. The number of carbonyl (C=O) groups excluding carboxylic acids is 2. The zero-order valence-corrected chi connectivity index (χ0v) is 25.4. The molecule has 7 rings (SSSR count). The maximum absolute atomic E-state index is 12.8. The summed E-state index contributed by atoms with van der Waals surface area (Å²) in [5.74, 6) is -0.0143. The molecule has 4 aromatic rings. The lowest BCUT2D eigenvalue weighted by Crippen LogP contribution is -2.62. The molecule has 2 fully saturated rings. The lowest BCUT2D eigenvalue weighted by molar-refractivity contribution is -0.0434. The second kappa shape index (κ2) is 9.87. The predicted octanol–water partition coefficient (Wildman–Crippen LogP) is 6.50. The van der Waals surface area contributed by atoms with Gasteiger partial charge in [-0.25, -0.2) is 9.78 Å². The van der Waals surface area contributed by atoms with Crippen molar-refractivity contribution in [2.75, 3.05) is 42.9 Å². The normalized spacial score (nSPS) is 20.1. The first-order chi connectivity index (χ1) is 20.1. The molecular weight excluding hydrogens is 546 g/mol. The van der Waals surface area contributed by atoms with E-state index in [1.54, 1.807) is 0 Å². The number of carbonyl (C=O) groups is 2. The molecule has 218 valence electrons. The van der Waals surface area contributed by atoms with Crippen molar-refractivity contribution in [3.05, 3.63) is 53.4 Å². The van der Waals surface area contributed by atoms with Gasteiger partial charge in [0, 0.05) is 70.9 Å². The number of nitrogens with one attached hydrogen (secondary N) is 2. The van der Waals surface area contributed by atoms with Crippen LogP contribution >= 0.6 is 11.3 Å². The summed E-state index contributed by atoms with van der Waals surface area (Å²) < 4.78 is 6.64. The third kappa shape index (κ3) is 4.83. The van der Waals surface area contributed by atoms with Crippen LogP contribution in [0.3, 0.4) is 0 Å². The fourth-order valence-corrected chi connectivity index (χ4v) is 7.62. The van der Waals surface area contributed by atoms with E-state index >= 15 is 0 Å². The minimum absolute atomic E-state index is 0.0143. The molecule has 0 unspecified atom stereocenters. The topological polar surface area (TPSA) is 86.8 Å². The van der Waals surface area contributed by atoms with Gasteiger partial charge in [-0.2, -0.15) is 0 Å². The number of pyridine rings is 1. The first-order valence-electron chi connectivity index (χ1n) is 14.8. The molecule has 0 saturated carbocycles. The van der Waals surface area contributed by atoms with Gasteiger partial charge in [0.25, 0.3) is 5.91 Å². The fourth-order valence-electron chi connectivity index (χ4n) is 6.52. The van der Waals surface area contributed by atoms with Gasteiger partial charge in [-0.1, -0.05) is 12.1 Å². The lowest BCUT2D eigenvalue weighted by atomic mass is 9.72. The summed E-state index contributed by atoms with van der Waals surface area (Å²) in [5, 5.41) is 8.71. The molecule has 5 heterocycles. The number of fused-ring (bicyclic) bond motifs is 5. The summed E-state index contributed by atoms with van der Waals surface area (Å²) in [7, 11) is 0. The molecule has 2 aromatic heterocycles. The van der Waals surface area contributed by atoms with Crippen molar-refractivity contribution in [1.29, 1.82) is 0 Å². The molecule has 2 saturated heterocycles. The third-order valence-electron chi connectivity index (χ3n) is 8.73. The third-order valence-corrected chi connectivity index (χ3v) is 9.88. The number of hydrogen-bond donors (Lipinski definition) is 2. The molecule has 0 bridgehead atoms. The van der Waals surface area contributed by atoms with Crippen molar-refractivity contribution in [1.82, 2.24) is 15.2 Å². The SMILES string of the molecule is C[C@@H]1CNc2c(sc3ccc4nc(-c5cccc(N6CCC7(CC6)CN(C(=O)OC(C)(C)C)C7)c5)ccc4c23)C(=O)N1. The van der Waals surface area contributed by atoms with E-state index in [1.165, 1.54) is 17.0 Å². The zero-order chi connectivity index (χ0) is 29.2. The number of anilines is 2. The van der Waals surface area contributed by atoms with Gasteiger partial charge in [-0.05, 0) is 76.9 Å². The highest BCUT2D eigenvalue weighted by Crippen LogP contribution is 2.43. The van der Waals surface area contributed by atoms with E-state index in [9.17, 15) is 9.59 Å². The number of amides is 2. The summed E-state index contributed by atoms with van der Waals surface area (Å²) in [6, 6.07) is 17.1. The Morgan fingerprint density at radius 1 is 1.10 bits per heavy atom. The smallest absolute Gasteiger partial charge is 0.410 e. The Hall–Kier alpha value is -3.85. The Morgan fingerprint density at radius 2 is 1.88 bits per heavy atom. The van der Waals surface area contributed by atoms with Crippen LogP contribution in [0.5, 0.6) is 0 Å². The molecule has 0 radical (unpaired) electrons. The van der Waals surface area contributed by atoms with Gasteiger partial charge >= 0.3 is 6.09 Å². The molecule has 2 amide bonds. The molecule has 1 atom stereocenters. The number of ether oxygens (including phenoxy) is 1. The molecule has 1 spiro atoms. The second-order valence-electron chi connectivity index (χ2n) is 13.1. The summed E-state index contributed by atoms with van der Waals surface area (Å²) in [5.41, 5.74) is 4.82. The van der Waals surface area contributed by atoms with Crippen molar-refractivity contribution in [3.8, 4) is 11.3 Å². The highest BCUT2D eigenvalue weighted by molar-refractivity contribution is 7.21. The van der Waals surface area contributed by atoms with Crippen LogP contribution in [0.4, 0.5) is 16.2 Å². The lowest BCUT2D eigenvalue weighted by Gasteiger charge is -2.54. The van der Waals surface area contributed by atoms with Crippen LogP contribution in [-0.2, 0) is 4.74 Å². The van der Waals surface area contributed by atoms with E-state index in [0.717, 1.165) is 81.8 Å². The van der Waals surface area contributed by atoms with E-state index in [-0.39, 0.29) is 23.5 Å². The maximum Gasteiger partial charge on any atom is 0.410 e. The number of benzene rings is 2. The Morgan fingerprint density at radius 3 is 2.64 bits per heavy atom. The number of rotatable bonds is 2. The van der Waals surface area contributed by atoms with Crippen molar-refractivity contribution >= 4 is 55.7 Å². The summed E-state index contributed by atoms with van der Waals surface area (Å²) in [6.45, 7) is 12.0. The van der Waals surface area contributed by atoms with Gasteiger partial charge in [0.05, 0.1) is 16.9 Å². The first-order valence-corrected chi connectivity index (χ1v) is 15.6. The second-order valence-corrected chi connectivity index (χ2v) is 14.2. The molecular formula is C33H37N5O3S. The Kier molecular flexibility index (Phi) is 6.34. The Labute approximate surface area is 250 Å². The highest BCUT2D eigenvalue weighted by atomic mass is 32.1. The van der Waals surface area contributed by atoms with Gasteiger partial charge in [0.2, 0.25) is 0 Å². The van der Waals surface area contributed by atoms with Gasteiger partial charge < -0.3 is 25.2 Å².